The van der Waals surface area contributed by atoms with Gasteiger partial charge in [-0.15, -0.1) is 5.10 Å². The molecule has 11 heteroatoms. The van der Waals surface area contributed by atoms with Crippen LogP contribution in [0.2, 0.25) is 0 Å². The molecule has 2 fully saturated rings. The fourth-order valence-corrected chi connectivity index (χ4v) is 5.83. The predicted molar refractivity (Wildman–Crippen MR) is 168 cm³/mol. The average Bonchev–Trinajstić information content (AvgIpc) is 3.75. The van der Waals surface area contributed by atoms with E-state index < -0.39 is 18.5 Å². The molecule has 4 aromatic rings. The molecule has 1 aliphatic carbocycles. The van der Waals surface area contributed by atoms with E-state index >= 15 is 0 Å². The number of carbonyl (C=O) groups is 1. The minimum Gasteiger partial charge on any atom is -0.476 e. The highest BCUT2D eigenvalue weighted by Crippen LogP contribution is 2.40. The van der Waals surface area contributed by atoms with Crippen molar-refractivity contribution < 1.29 is 27.1 Å². The van der Waals surface area contributed by atoms with Crippen LogP contribution in [-0.2, 0) is 4.79 Å². The van der Waals surface area contributed by atoms with E-state index in [2.05, 4.69) is 20.5 Å². The number of nitrogens with one attached hydrogen (secondary N) is 2. The van der Waals surface area contributed by atoms with E-state index in [-0.39, 0.29) is 28.0 Å². The van der Waals surface area contributed by atoms with E-state index in [1.54, 1.807) is 60.7 Å². The molecule has 0 atom stereocenters. The minimum absolute atomic E-state index is 0.0415. The van der Waals surface area contributed by atoms with Crippen molar-refractivity contribution in [3.63, 3.8) is 0 Å². The van der Waals surface area contributed by atoms with Crippen molar-refractivity contribution >= 4 is 28.0 Å². The minimum atomic E-state index is -4.50. The summed E-state index contributed by atoms with van der Waals surface area (Å²) in [5.41, 5.74) is 1.78. The van der Waals surface area contributed by atoms with Crippen LogP contribution in [0.1, 0.15) is 55.2 Å². The Hall–Kier alpha value is -4.51. The van der Waals surface area contributed by atoms with Crippen LogP contribution in [-0.4, -0.2) is 63.9 Å². The van der Waals surface area contributed by atoms with Gasteiger partial charge in [0.25, 0.3) is 0 Å². The highest BCUT2D eigenvalue weighted by atomic mass is 19.4. The second kappa shape index (κ2) is 13.5. The predicted octanol–water partition coefficient (Wildman–Crippen LogP) is 7.08. The van der Waals surface area contributed by atoms with Crippen molar-refractivity contribution in [3.8, 4) is 5.88 Å². The lowest BCUT2D eigenvalue weighted by atomic mass is 9.88. The van der Waals surface area contributed by atoms with Crippen molar-refractivity contribution in [3.05, 3.63) is 102 Å². The SMILES string of the molecule is O=C(/C=C/CNC1(COc2ccc(/C(=C(/CC(F)(F)F)c3ccccc3)c3ccc4[nH]nc(F)c4c3)cn2)CC1)N1CCCCC1. The van der Waals surface area contributed by atoms with Crippen LogP contribution < -0.4 is 10.1 Å². The molecule has 240 valence electrons. The maximum atomic E-state index is 14.4. The molecule has 2 aliphatic rings. The van der Waals surface area contributed by atoms with Crippen LogP contribution in [0.5, 0.6) is 5.88 Å². The molecule has 1 saturated carbocycles. The Morgan fingerprint density at radius 2 is 1.76 bits per heavy atom. The summed E-state index contributed by atoms with van der Waals surface area (Å²) in [4.78, 5) is 18.7. The quantitative estimate of drug-likeness (QED) is 0.105. The zero-order chi connectivity index (χ0) is 32.1. The highest BCUT2D eigenvalue weighted by molar-refractivity contribution is 6.00. The second-order valence-electron chi connectivity index (χ2n) is 11.9. The van der Waals surface area contributed by atoms with Gasteiger partial charge in [0.2, 0.25) is 17.7 Å². The number of piperidine rings is 1. The Balaban J connectivity index is 1.21. The number of ether oxygens (including phenoxy) is 1. The number of hydrogen-bond donors (Lipinski definition) is 2. The molecule has 2 N–H and O–H groups in total. The van der Waals surface area contributed by atoms with Crippen molar-refractivity contribution in [2.24, 2.45) is 0 Å². The van der Waals surface area contributed by atoms with Gasteiger partial charge in [-0.2, -0.15) is 17.6 Å². The largest absolute Gasteiger partial charge is 0.476 e. The van der Waals surface area contributed by atoms with E-state index in [4.69, 9.17) is 4.74 Å². The smallest absolute Gasteiger partial charge is 0.393 e. The lowest BCUT2D eigenvalue weighted by Gasteiger charge is -2.25. The topological polar surface area (TPSA) is 83.1 Å². The zero-order valence-electron chi connectivity index (χ0n) is 25.2. The summed E-state index contributed by atoms with van der Waals surface area (Å²) in [5, 5.41) is 9.82. The number of hydrogen-bond acceptors (Lipinski definition) is 5. The third kappa shape index (κ3) is 7.64. The zero-order valence-corrected chi connectivity index (χ0v) is 25.2. The number of pyridine rings is 1. The molecule has 0 unspecified atom stereocenters. The van der Waals surface area contributed by atoms with Gasteiger partial charge in [-0.3, -0.25) is 9.89 Å². The number of rotatable bonds is 11. The summed E-state index contributed by atoms with van der Waals surface area (Å²) in [6.07, 6.45) is 4.36. The fraction of sp³-hybridized carbons (Fsp3) is 0.343. The summed E-state index contributed by atoms with van der Waals surface area (Å²) in [6.45, 7) is 2.51. The number of aromatic amines is 1. The number of amides is 1. The number of alkyl halides is 3. The summed E-state index contributed by atoms with van der Waals surface area (Å²) >= 11 is 0. The number of nitrogens with zero attached hydrogens (tertiary/aromatic N) is 3. The first-order valence-electron chi connectivity index (χ1n) is 15.5. The lowest BCUT2D eigenvalue weighted by molar-refractivity contribution is -0.127. The number of aromatic nitrogens is 3. The van der Waals surface area contributed by atoms with Crippen LogP contribution in [0.4, 0.5) is 17.6 Å². The van der Waals surface area contributed by atoms with E-state index in [1.165, 1.54) is 18.7 Å². The third-order valence-electron chi connectivity index (χ3n) is 8.50. The van der Waals surface area contributed by atoms with Crippen molar-refractivity contribution in [1.29, 1.82) is 0 Å². The Morgan fingerprint density at radius 3 is 2.46 bits per heavy atom. The first-order valence-corrected chi connectivity index (χ1v) is 15.5. The van der Waals surface area contributed by atoms with Crippen molar-refractivity contribution in [2.75, 3.05) is 26.2 Å². The second-order valence-corrected chi connectivity index (χ2v) is 11.9. The Kier molecular flexibility index (Phi) is 9.21. The van der Waals surface area contributed by atoms with E-state index in [0.717, 1.165) is 38.8 Å². The lowest BCUT2D eigenvalue weighted by Crippen LogP contribution is -2.37. The van der Waals surface area contributed by atoms with Crippen LogP contribution in [0.15, 0.2) is 79.0 Å². The van der Waals surface area contributed by atoms with Crippen molar-refractivity contribution in [1.82, 2.24) is 25.4 Å². The molecule has 1 aliphatic heterocycles. The van der Waals surface area contributed by atoms with Gasteiger partial charge >= 0.3 is 6.18 Å². The molecule has 2 aromatic heterocycles. The van der Waals surface area contributed by atoms with Crippen LogP contribution >= 0.6 is 0 Å². The van der Waals surface area contributed by atoms with Crippen LogP contribution in [0.25, 0.3) is 22.0 Å². The number of carbonyl (C=O) groups excluding carboxylic acids is 1. The first-order chi connectivity index (χ1) is 22.2. The summed E-state index contributed by atoms with van der Waals surface area (Å²) < 4.78 is 62.4. The molecule has 6 rings (SSSR count). The summed E-state index contributed by atoms with van der Waals surface area (Å²) in [5.74, 6) is -0.358. The molecule has 1 saturated heterocycles. The van der Waals surface area contributed by atoms with Crippen molar-refractivity contribution in [2.45, 2.75) is 50.2 Å². The van der Waals surface area contributed by atoms with Gasteiger partial charge in [-0.25, -0.2) is 4.98 Å². The Bertz CT molecular complexity index is 1720. The highest BCUT2D eigenvalue weighted by Gasteiger charge is 2.43. The molecule has 1 amide bonds. The monoisotopic (exact) mass is 633 g/mol. The molecule has 0 bridgehead atoms. The summed E-state index contributed by atoms with van der Waals surface area (Å²) in [7, 11) is 0. The van der Waals surface area contributed by atoms with Gasteiger partial charge in [-0.1, -0.05) is 42.5 Å². The van der Waals surface area contributed by atoms with E-state index in [9.17, 15) is 22.4 Å². The van der Waals surface area contributed by atoms with Gasteiger partial charge in [0.1, 0.15) is 6.61 Å². The number of halogens is 4. The first kappa shape index (κ1) is 31.5. The van der Waals surface area contributed by atoms with E-state index in [1.807, 2.05) is 11.0 Å². The fourth-order valence-electron chi connectivity index (χ4n) is 5.83. The Morgan fingerprint density at radius 1 is 1.00 bits per heavy atom. The molecule has 46 heavy (non-hydrogen) atoms. The number of allylic oxidation sites excluding steroid dienone is 1. The average molecular weight is 634 g/mol. The van der Waals surface area contributed by atoms with Gasteiger partial charge in [0.05, 0.1) is 22.9 Å². The molecule has 7 nitrogen and oxygen atoms in total. The molecule has 3 heterocycles. The number of H-pyrrole nitrogens is 1. The number of fused-ring (bicyclic) bond motifs is 1. The van der Waals surface area contributed by atoms with Gasteiger partial charge < -0.3 is 15.0 Å². The molecule has 0 radical (unpaired) electrons. The van der Waals surface area contributed by atoms with Gasteiger partial charge in [0, 0.05) is 43.5 Å². The van der Waals surface area contributed by atoms with Crippen LogP contribution in [0.3, 0.4) is 0 Å². The van der Waals surface area contributed by atoms with Gasteiger partial charge in [-0.05, 0) is 72.6 Å². The number of benzene rings is 2. The Labute approximate surface area is 264 Å². The van der Waals surface area contributed by atoms with Crippen LogP contribution in [0, 0.1) is 5.95 Å². The maximum absolute atomic E-state index is 14.4. The molecule has 2 aromatic carbocycles. The third-order valence-corrected chi connectivity index (χ3v) is 8.50. The molecule has 0 spiro atoms. The normalized spacial score (nSPS) is 16.9. The standard InChI is InChI=1S/C35H35F4N5O2/c36-33-27-20-25(11-13-29(27)42-43-33)32(28(21-35(37,38)39)24-8-3-1-4-9-24)26-12-14-30(40-22-26)46-23-34(15-16-34)41-17-7-10-31(45)44-18-5-2-6-19-44/h1,3-4,7-14,20,22,41H,2,5-6,15-19,21,23H2,(H,42,43)/b10-7+,32-28-. The summed E-state index contributed by atoms with van der Waals surface area (Å²) in [6, 6.07) is 16.4. The molecular formula is C35H35F4N5O2. The van der Waals surface area contributed by atoms with Gasteiger partial charge in [0.15, 0.2) is 0 Å². The number of likely N-dealkylation sites (tertiary alicyclic amines) is 1. The van der Waals surface area contributed by atoms with E-state index in [0.29, 0.717) is 41.2 Å². The molecular weight excluding hydrogens is 598 g/mol. The maximum Gasteiger partial charge on any atom is 0.393 e.